The Morgan fingerprint density at radius 3 is 2.51 bits per heavy atom. The third-order valence-electron chi connectivity index (χ3n) is 6.04. The highest BCUT2D eigenvalue weighted by atomic mass is 32.2. The van der Waals surface area contributed by atoms with Crippen LogP contribution in [0.2, 0.25) is 0 Å². The van der Waals surface area contributed by atoms with Gasteiger partial charge >= 0.3 is 5.97 Å². The van der Waals surface area contributed by atoms with Crippen LogP contribution in [0.3, 0.4) is 0 Å². The summed E-state index contributed by atoms with van der Waals surface area (Å²) in [4.78, 5) is 24.9. The van der Waals surface area contributed by atoms with Crippen molar-refractivity contribution in [3.63, 3.8) is 0 Å². The van der Waals surface area contributed by atoms with Crippen LogP contribution in [-0.2, 0) is 6.61 Å². The standard InChI is InChI=1S/C29H23FN2O6S/c1-17-6-3-4-7-21(17)27(33)32-28(39-26(31-32)18-10-12-19(30)13-11-18)22-8-5-9-23(25(22)36-2)37-16-20-14-15-24(38-20)29(34)35/h3-15,28H,16H2,1-2H3,(H,34,35). The van der Waals surface area contributed by atoms with Gasteiger partial charge in [0.2, 0.25) is 5.76 Å². The summed E-state index contributed by atoms with van der Waals surface area (Å²) in [6.07, 6.45) is 0. The van der Waals surface area contributed by atoms with E-state index in [1.807, 2.05) is 25.1 Å². The number of methoxy groups -OCH3 is 1. The van der Waals surface area contributed by atoms with Crippen LogP contribution in [0.15, 0.2) is 88.4 Å². The highest BCUT2D eigenvalue weighted by molar-refractivity contribution is 8.14. The third kappa shape index (κ3) is 5.37. The van der Waals surface area contributed by atoms with Crippen molar-refractivity contribution in [3.05, 3.63) is 118 Å². The molecule has 1 amide bonds. The SMILES string of the molecule is COc1c(OCc2ccc(C(=O)O)o2)cccc1C1SC(c2ccc(F)cc2)=NN1C(=O)c1ccccc1C. The number of carbonyl (C=O) groups is 2. The molecule has 5 rings (SSSR count). The van der Waals surface area contributed by atoms with Gasteiger partial charge in [-0.15, -0.1) is 0 Å². The number of hydrogen-bond donors (Lipinski definition) is 1. The summed E-state index contributed by atoms with van der Waals surface area (Å²) in [6, 6.07) is 21.4. The van der Waals surface area contributed by atoms with Crippen molar-refractivity contribution in [1.82, 2.24) is 5.01 Å². The second kappa shape index (κ2) is 11.0. The third-order valence-corrected chi connectivity index (χ3v) is 7.26. The Kier molecular flexibility index (Phi) is 7.38. The molecule has 3 aromatic carbocycles. The topological polar surface area (TPSA) is 102 Å². The van der Waals surface area contributed by atoms with Crippen LogP contribution in [0, 0.1) is 12.7 Å². The highest BCUT2D eigenvalue weighted by Crippen LogP contribution is 2.47. The number of nitrogens with zero attached hydrogens (tertiary/aromatic N) is 2. The van der Waals surface area contributed by atoms with Crippen LogP contribution >= 0.6 is 11.8 Å². The Bertz CT molecular complexity index is 1570. The van der Waals surface area contributed by atoms with Gasteiger partial charge in [-0.25, -0.2) is 14.2 Å². The number of carboxylic acids is 1. The molecule has 0 spiro atoms. The predicted molar refractivity (Wildman–Crippen MR) is 144 cm³/mol. The maximum atomic E-state index is 13.7. The molecule has 8 nitrogen and oxygen atoms in total. The van der Waals surface area contributed by atoms with E-state index in [0.717, 1.165) is 5.56 Å². The average molecular weight is 547 g/mol. The smallest absolute Gasteiger partial charge is 0.371 e. The normalized spacial score (nSPS) is 14.7. The average Bonchev–Trinajstić information content (AvgIpc) is 3.60. The van der Waals surface area contributed by atoms with Crippen molar-refractivity contribution in [3.8, 4) is 11.5 Å². The number of carbonyl (C=O) groups excluding carboxylic acids is 1. The summed E-state index contributed by atoms with van der Waals surface area (Å²) in [5, 5.41) is 15.1. The Morgan fingerprint density at radius 2 is 1.82 bits per heavy atom. The number of carboxylic acid groups (broad SMARTS) is 1. The van der Waals surface area contributed by atoms with Gasteiger partial charge in [0.15, 0.2) is 11.5 Å². The van der Waals surface area contributed by atoms with Crippen molar-refractivity contribution < 1.29 is 33.0 Å². The van der Waals surface area contributed by atoms with Crippen LogP contribution in [-0.4, -0.2) is 34.1 Å². The number of hydrazone groups is 1. The van der Waals surface area contributed by atoms with Gasteiger partial charge in [0.05, 0.1) is 7.11 Å². The van der Waals surface area contributed by atoms with Crippen LogP contribution in [0.25, 0.3) is 0 Å². The lowest BCUT2D eigenvalue weighted by Gasteiger charge is -2.24. The molecule has 0 radical (unpaired) electrons. The predicted octanol–water partition coefficient (Wildman–Crippen LogP) is 6.26. The van der Waals surface area contributed by atoms with Gasteiger partial charge in [-0.1, -0.05) is 42.1 Å². The molecule has 1 aromatic heterocycles. The van der Waals surface area contributed by atoms with E-state index in [2.05, 4.69) is 5.10 Å². The maximum absolute atomic E-state index is 13.7. The zero-order valence-electron chi connectivity index (χ0n) is 21.0. The summed E-state index contributed by atoms with van der Waals surface area (Å²) in [5.41, 5.74) is 2.61. The zero-order valence-corrected chi connectivity index (χ0v) is 21.8. The lowest BCUT2D eigenvalue weighted by molar-refractivity contribution is 0.0657. The highest BCUT2D eigenvalue weighted by Gasteiger charge is 2.37. The first-order valence-corrected chi connectivity index (χ1v) is 12.8. The van der Waals surface area contributed by atoms with Crippen LogP contribution in [0.1, 0.15) is 48.7 Å². The Morgan fingerprint density at radius 1 is 1.05 bits per heavy atom. The van der Waals surface area contributed by atoms with E-state index in [1.54, 1.807) is 36.4 Å². The molecule has 10 heteroatoms. The number of rotatable bonds is 8. The van der Waals surface area contributed by atoms with Gasteiger partial charge in [0.1, 0.15) is 28.6 Å². The van der Waals surface area contributed by atoms with E-state index in [0.29, 0.717) is 39.0 Å². The van der Waals surface area contributed by atoms with E-state index in [4.69, 9.17) is 19.0 Å². The summed E-state index contributed by atoms with van der Waals surface area (Å²) >= 11 is 1.33. The molecular formula is C29H23FN2O6S. The number of halogens is 1. The molecule has 39 heavy (non-hydrogen) atoms. The lowest BCUT2D eigenvalue weighted by Crippen LogP contribution is -2.27. The second-order valence-corrected chi connectivity index (χ2v) is 9.65. The van der Waals surface area contributed by atoms with Crippen LogP contribution in [0.4, 0.5) is 4.39 Å². The van der Waals surface area contributed by atoms with Crippen molar-refractivity contribution in [1.29, 1.82) is 0 Å². The molecule has 4 aromatic rings. The van der Waals surface area contributed by atoms with E-state index in [-0.39, 0.29) is 24.1 Å². The molecule has 0 saturated heterocycles. The van der Waals surface area contributed by atoms with E-state index >= 15 is 0 Å². The number of para-hydroxylation sites is 1. The number of hydrogen-bond acceptors (Lipinski definition) is 7. The number of amides is 1. The minimum absolute atomic E-state index is 0.0336. The molecule has 1 aliphatic rings. The molecule has 1 aliphatic heterocycles. The molecule has 1 atom stereocenters. The number of ether oxygens (including phenoxy) is 2. The maximum Gasteiger partial charge on any atom is 0.371 e. The molecule has 2 heterocycles. The van der Waals surface area contributed by atoms with Gasteiger partial charge < -0.3 is 19.0 Å². The summed E-state index contributed by atoms with van der Waals surface area (Å²) < 4.78 is 30.5. The fraction of sp³-hybridized carbons (Fsp3) is 0.138. The largest absolute Gasteiger partial charge is 0.492 e. The molecule has 0 saturated carbocycles. The quantitative estimate of drug-likeness (QED) is 0.278. The molecule has 198 valence electrons. The second-order valence-electron chi connectivity index (χ2n) is 8.59. The minimum Gasteiger partial charge on any atom is -0.492 e. The van der Waals surface area contributed by atoms with Crippen molar-refractivity contribution in [2.24, 2.45) is 5.10 Å². The lowest BCUT2D eigenvalue weighted by atomic mass is 10.1. The summed E-state index contributed by atoms with van der Waals surface area (Å²) in [5.74, 6) is -0.936. The number of aryl methyl sites for hydroxylation is 1. The van der Waals surface area contributed by atoms with E-state index < -0.39 is 11.3 Å². The number of furan rings is 1. The first-order valence-electron chi connectivity index (χ1n) is 11.9. The molecule has 0 fully saturated rings. The molecule has 0 bridgehead atoms. The number of benzene rings is 3. The van der Waals surface area contributed by atoms with Gasteiger partial charge in [-0.3, -0.25) is 4.79 Å². The summed E-state index contributed by atoms with van der Waals surface area (Å²) in [7, 11) is 1.50. The minimum atomic E-state index is -1.17. The number of aromatic carboxylic acids is 1. The Labute approximate surface area is 227 Å². The van der Waals surface area contributed by atoms with Gasteiger partial charge in [0.25, 0.3) is 5.91 Å². The van der Waals surface area contributed by atoms with Crippen LogP contribution in [0.5, 0.6) is 11.5 Å². The van der Waals surface area contributed by atoms with Crippen molar-refractivity contribution in [2.45, 2.75) is 18.9 Å². The first-order chi connectivity index (χ1) is 18.9. The van der Waals surface area contributed by atoms with Gasteiger partial charge in [-0.05, 0) is 61.0 Å². The van der Waals surface area contributed by atoms with Gasteiger partial charge in [0, 0.05) is 16.7 Å². The molecule has 1 unspecified atom stereocenters. The van der Waals surface area contributed by atoms with E-state index in [9.17, 15) is 14.0 Å². The van der Waals surface area contributed by atoms with E-state index in [1.165, 1.54) is 48.1 Å². The first kappa shape index (κ1) is 26.1. The van der Waals surface area contributed by atoms with Crippen molar-refractivity contribution in [2.75, 3.05) is 7.11 Å². The Hall–Kier alpha value is -4.57. The molecular weight excluding hydrogens is 523 g/mol. The fourth-order valence-corrected chi connectivity index (χ4v) is 5.28. The molecule has 0 aliphatic carbocycles. The van der Waals surface area contributed by atoms with Crippen molar-refractivity contribution >= 4 is 28.7 Å². The summed E-state index contributed by atoms with van der Waals surface area (Å²) in [6.45, 7) is 1.82. The van der Waals surface area contributed by atoms with Crippen LogP contribution < -0.4 is 9.47 Å². The monoisotopic (exact) mass is 546 g/mol. The number of thioether (sulfide) groups is 1. The zero-order chi connectivity index (χ0) is 27.5. The molecule has 1 N–H and O–H groups in total. The van der Waals surface area contributed by atoms with Gasteiger partial charge in [-0.2, -0.15) is 5.10 Å². The fourth-order valence-electron chi connectivity index (χ4n) is 4.11. The Balaban J connectivity index is 1.50.